The average Bonchev–Trinajstić information content (AvgIpc) is 3.23. The van der Waals surface area contributed by atoms with Gasteiger partial charge in [0.1, 0.15) is 6.61 Å². The number of carbonyl (C=O) groups is 2. The van der Waals surface area contributed by atoms with E-state index in [4.69, 9.17) is 18.5 Å². The van der Waals surface area contributed by atoms with Gasteiger partial charge in [-0.2, -0.15) is 0 Å². The second-order valence-electron chi connectivity index (χ2n) is 16.5. The van der Waals surface area contributed by atoms with Gasteiger partial charge in [0.15, 0.2) is 6.10 Å². The minimum Gasteiger partial charge on any atom is -0.462 e. The molecular weight excluding hydrogens is 772 g/mol. The van der Waals surface area contributed by atoms with Crippen molar-refractivity contribution < 1.29 is 37.6 Å². The smallest absolute Gasteiger partial charge is 0.462 e. The lowest BCUT2D eigenvalue weighted by atomic mass is 10.0. The van der Waals surface area contributed by atoms with Crippen molar-refractivity contribution in [1.29, 1.82) is 0 Å². The molecule has 0 amide bonds. The Kier molecular flexibility index (Phi) is 45.0. The molecule has 0 saturated heterocycles. The molecule has 2 atom stereocenters. The molecule has 0 saturated carbocycles. The first-order chi connectivity index (χ1) is 29.3. The summed E-state index contributed by atoms with van der Waals surface area (Å²) in [5, 5.41) is 0. The van der Waals surface area contributed by atoms with Gasteiger partial charge in [-0.25, -0.2) is 4.57 Å². The number of hydrogen-bond donors (Lipinski definition) is 1. The Labute approximate surface area is 369 Å². The highest BCUT2D eigenvalue weighted by Gasteiger charge is 2.25. The summed E-state index contributed by atoms with van der Waals surface area (Å²) >= 11 is 0. The fourth-order valence-electron chi connectivity index (χ4n) is 7.03. The van der Waals surface area contributed by atoms with E-state index < -0.39 is 26.5 Å². The molecule has 0 aliphatic carbocycles. The Morgan fingerprint density at radius 2 is 0.850 bits per heavy atom. The van der Waals surface area contributed by atoms with Gasteiger partial charge in [-0.15, -0.1) is 0 Å². The normalized spacial score (nSPS) is 13.6. The van der Waals surface area contributed by atoms with Crippen molar-refractivity contribution in [2.75, 3.05) is 19.8 Å². The summed E-state index contributed by atoms with van der Waals surface area (Å²) in [6, 6.07) is 0. The lowest BCUT2D eigenvalue weighted by Crippen LogP contribution is -2.29. The molecule has 1 N–H and O–H groups in total. The number of hydrogen-bond acceptors (Lipinski definition) is 7. The second kappa shape index (κ2) is 46.5. The SMILES string of the molecule is CC/C=C\C/C=C\C/C=C\C/C=C\CCCCCCCCCCCCC(=O)OC(COC(=O)CCCCCCCCCCCCCCCCCCC)COP(=O)(O)OCC. The average molecular weight is 865 g/mol. The molecule has 0 radical (unpaired) electrons. The maximum atomic E-state index is 12.6. The number of phosphoric acid groups is 1. The molecule has 8 nitrogen and oxygen atoms in total. The third-order valence-corrected chi connectivity index (χ3v) is 11.7. The van der Waals surface area contributed by atoms with Crippen LogP contribution in [0.2, 0.25) is 0 Å². The molecule has 0 spiro atoms. The molecule has 0 aromatic carbocycles. The van der Waals surface area contributed by atoms with Gasteiger partial charge in [-0.05, 0) is 58.3 Å². The number of phosphoric ester groups is 1. The molecule has 0 aliphatic heterocycles. The topological polar surface area (TPSA) is 108 Å². The number of unbranched alkanes of at least 4 members (excludes halogenated alkanes) is 26. The largest absolute Gasteiger partial charge is 0.472 e. The number of rotatable bonds is 46. The highest BCUT2D eigenvalue weighted by Crippen LogP contribution is 2.43. The first-order valence-corrected chi connectivity index (χ1v) is 26.4. The van der Waals surface area contributed by atoms with Gasteiger partial charge in [0.25, 0.3) is 0 Å². The predicted octanol–water partition coefficient (Wildman–Crippen LogP) is 16.1. The zero-order chi connectivity index (χ0) is 43.9. The maximum absolute atomic E-state index is 12.6. The number of ether oxygens (including phenoxy) is 2. The van der Waals surface area contributed by atoms with Crippen molar-refractivity contribution in [3.63, 3.8) is 0 Å². The highest BCUT2D eigenvalue weighted by atomic mass is 31.2. The van der Waals surface area contributed by atoms with Gasteiger partial charge in [0, 0.05) is 12.8 Å². The van der Waals surface area contributed by atoms with Crippen LogP contribution in [0.15, 0.2) is 48.6 Å². The first kappa shape index (κ1) is 58.0. The molecule has 0 aromatic heterocycles. The number of carbonyl (C=O) groups excluding carboxylic acids is 2. The van der Waals surface area contributed by atoms with E-state index in [1.54, 1.807) is 6.92 Å². The van der Waals surface area contributed by atoms with Crippen LogP contribution in [0.3, 0.4) is 0 Å². The van der Waals surface area contributed by atoms with Gasteiger partial charge >= 0.3 is 19.8 Å². The molecule has 0 aliphatic rings. The molecule has 350 valence electrons. The van der Waals surface area contributed by atoms with E-state index in [0.29, 0.717) is 12.8 Å². The van der Waals surface area contributed by atoms with Gasteiger partial charge < -0.3 is 14.4 Å². The highest BCUT2D eigenvalue weighted by molar-refractivity contribution is 7.47. The minimum absolute atomic E-state index is 0.000170. The Morgan fingerprint density at radius 1 is 0.467 bits per heavy atom. The van der Waals surface area contributed by atoms with Crippen LogP contribution in [-0.2, 0) is 32.7 Å². The zero-order valence-corrected chi connectivity index (χ0v) is 40.0. The van der Waals surface area contributed by atoms with Crippen molar-refractivity contribution in [2.45, 2.75) is 245 Å². The van der Waals surface area contributed by atoms with Crippen LogP contribution in [0.5, 0.6) is 0 Å². The lowest BCUT2D eigenvalue weighted by Gasteiger charge is -2.19. The van der Waals surface area contributed by atoms with Crippen molar-refractivity contribution in [1.82, 2.24) is 0 Å². The summed E-state index contributed by atoms with van der Waals surface area (Å²) in [5.41, 5.74) is 0. The Morgan fingerprint density at radius 3 is 1.28 bits per heavy atom. The van der Waals surface area contributed by atoms with Gasteiger partial charge in [0.2, 0.25) is 0 Å². The quantitative estimate of drug-likeness (QED) is 0.0279. The summed E-state index contributed by atoms with van der Waals surface area (Å²) in [6.45, 7) is 5.40. The van der Waals surface area contributed by atoms with E-state index in [1.165, 1.54) is 128 Å². The molecule has 0 fully saturated rings. The third-order valence-electron chi connectivity index (χ3n) is 10.6. The van der Waals surface area contributed by atoms with E-state index in [0.717, 1.165) is 70.6 Å². The molecular formula is C51H93O8P. The van der Waals surface area contributed by atoms with Crippen LogP contribution in [0.4, 0.5) is 0 Å². The van der Waals surface area contributed by atoms with Crippen molar-refractivity contribution in [3.05, 3.63) is 48.6 Å². The fraction of sp³-hybridized carbons (Fsp3) is 0.804. The Bertz CT molecular complexity index is 1120. The van der Waals surface area contributed by atoms with E-state index in [9.17, 15) is 19.0 Å². The van der Waals surface area contributed by atoms with Crippen molar-refractivity contribution >= 4 is 19.8 Å². The van der Waals surface area contributed by atoms with Crippen LogP contribution in [0.1, 0.15) is 239 Å². The summed E-state index contributed by atoms with van der Waals surface area (Å²) in [6.07, 6.45) is 56.0. The van der Waals surface area contributed by atoms with Crippen LogP contribution in [-0.4, -0.2) is 42.8 Å². The monoisotopic (exact) mass is 865 g/mol. The second-order valence-corrected chi connectivity index (χ2v) is 17.9. The predicted molar refractivity (Wildman–Crippen MR) is 253 cm³/mol. The molecule has 0 rings (SSSR count). The van der Waals surface area contributed by atoms with E-state index in [-0.39, 0.29) is 25.6 Å². The maximum Gasteiger partial charge on any atom is 0.472 e. The van der Waals surface area contributed by atoms with E-state index in [2.05, 4.69) is 62.5 Å². The molecule has 0 heterocycles. The van der Waals surface area contributed by atoms with Gasteiger partial charge in [-0.3, -0.25) is 18.6 Å². The van der Waals surface area contributed by atoms with Crippen molar-refractivity contribution in [3.8, 4) is 0 Å². The molecule has 2 unspecified atom stereocenters. The summed E-state index contributed by atoms with van der Waals surface area (Å²) in [5.74, 6) is -0.793. The Balaban J connectivity index is 3.98. The minimum atomic E-state index is -4.29. The molecule has 0 bridgehead atoms. The van der Waals surface area contributed by atoms with Crippen LogP contribution in [0, 0.1) is 0 Å². The van der Waals surface area contributed by atoms with E-state index >= 15 is 0 Å². The fourth-order valence-corrected chi connectivity index (χ4v) is 7.79. The van der Waals surface area contributed by atoms with Crippen LogP contribution >= 0.6 is 7.82 Å². The van der Waals surface area contributed by atoms with Gasteiger partial charge in [0.05, 0.1) is 13.2 Å². The Hall–Kier alpha value is -1.99. The van der Waals surface area contributed by atoms with Crippen LogP contribution in [0.25, 0.3) is 0 Å². The lowest BCUT2D eigenvalue weighted by molar-refractivity contribution is -0.161. The summed E-state index contributed by atoms with van der Waals surface area (Å²) < 4.78 is 32.8. The summed E-state index contributed by atoms with van der Waals surface area (Å²) in [7, 11) is -4.29. The zero-order valence-electron chi connectivity index (χ0n) is 39.1. The third kappa shape index (κ3) is 45.5. The summed E-state index contributed by atoms with van der Waals surface area (Å²) in [4.78, 5) is 34.9. The first-order valence-electron chi connectivity index (χ1n) is 24.9. The standard InChI is InChI=1S/C51H93O8P/c1-4-7-9-11-13-15-17-19-21-23-24-25-26-27-28-30-32-34-36-38-40-42-44-46-51(53)59-49(48-58-60(54,55)57-6-3)47-56-50(52)45-43-41-39-37-35-33-31-29-22-20-18-16-14-12-10-8-5-2/h7,9,13,15,19,21,24-25,49H,4-6,8,10-12,14,16-18,20,22-23,26-48H2,1-3H3,(H,54,55)/b9-7-,15-13-,21-19-,25-24-. The molecule has 0 aromatic rings. The number of allylic oxidation sites excluding steroid dienone is 8. The van der Waals surface area contributed by atoms with E-state index in [1.807, 2.05) is 0 Å². The van der Waals surface area contributed by atoms with Gasteiger partial charge in [-0.1, -0.05) is 217 Å². The van der Waals surface area contributed by atoms with Crippen LogP contribution < -0.4 is 0 Å². The number of esters is 2. The molecule has 9 heteroatoms. The van der Waals surface area contributed by atoms with Crippen molar-refractivity contribution in [2.24, 2.45) is 0 Å². The molecule has 60 heavy (non-hydrogen) atoms.